The molecular weight excluding hydrogens is 2030 g/mol. The Bertz CT molecular complexity index is 6000. The fraction of sp³-hybridized carbons (Fsp3) is 0.630. The molecule has 150 heavy (non-hydrogen) atoms. The van der Waals surface area contributed by atoms with E-state index in [-0.39, 0.29) is 200 Å². The first-order valence-corrected chi connectivity index (χ1v) is 53.5. The van der Waals surface area contributed by atoms with Crippen molar-refractivity contribution < 1.29 is 94.1 Å². The second-order valence-electron chi connectivity index (χ2n) is 37.0. The number of aromatic nitrogens is 12. The lowest BCUT2D eigenvalue weighted by molar-refractivity contribution is -0.119. The Hall–Kier alpha value is -9.93. The monoisotopic (exact) mass is 2190 g/mol. The number of H-pyrrole nitrogens is 2. The molecule has 0 spiro atoms. The quantitative estimate of drug-likeness (QED) is 0.00742. The van der Waals surface area contributed by atoms with Crippen molar-refractivity contribution in [1.29, 1.82) is 5.72 Å². The van der Waals surface area contributed by atoms with Crippen LogP contribution in [0, 0.1) is 55.9 Å². The smallest absolute Gasteiger partial charge is 0.349 e. The number of amides is 3. The van der Waals surface area contributed by atoms with Gasteiger partial charge in [-0.1, -0.05) is 77.8 Å². The number of rotatable bonds is 42. The van der Waals surface area contributed by atoms with Gasteiger partial charge in [0.2, 0.25) is 43.8 Å². The van der Waals surface area contributed by atoms with Crippen LogP contribution in [-0.2, 0) is 41.0 Å². The molecule has 0 radical (unpaired) electrons. The van der Waals surface area contributed by atoms with Gasteiger partial charge in [-0.25, -0.2) is 92.1 Å². The molecule has 4 aliphatic rings. The molecule has 50 heteroatoms. The van der Waals surface area contributed by atoms with Gasteiger partial charge in [0.25, 0.3) is 57.0 Å². The summed E-state index contributed by atoms with van der Waals surface area (Å²) < 4.78 is 181. The van der Waals surface area contributed by atoms with Crippen molar-refractivity contribution >= 4 is 91.7 Å². The zero-order valence-electron chi connectivity index (χ0n) is 97.2. The topological polar surface area (TPSA) is 469 Å². The standard InChI is InChI=1S/C27H35FN7O3P.C26H35FN5O4P.C24H37FN7O4P.C19H30FN4O4P.4CH4O/c1-17(2)35(18(3)4)39(37-13-12-29-6)38-24-19(5)14-21(22(24)28)34-16-32-23-25(30-15-31-26(23)34)33-27(36)20-10-8-7-9-11-20;1-17(2)32(18(3)4)37(35-15-13-28-6)36-24-19(5)16-21(23(24)27)31-14-12-22(30-26(31)34)29-25(33)20-10-8-7-9-11-20;1-13(2)22(33)29-24-28-21-19(23(34)30-24)27-12-31(21)17-11-16(7)20(18(17)25)36-37(35-10-9-26-8)32(14(3)4)15(5)6;1-12(2)24(13(3)4)29(27-10-8-21-6)28-18-14(5)11-15(17(18)20)23-9-7-16(25)22-19(23)26;4*1-2/h7-11,15-19,21-22,24H,12-14H2,1-5H3,(H,30,31,33,36);7-12,14,17-19,21,23-24H,13,15-16H2,1-5H3,(H,29,30,33,34);12-18,20H,9-11H2,1-7H3,(H2,28,29,30,33,34);7,9,12-15,17-18H,8,10-11H2,1-5H3,(H,22,25,26);4*2H,1H3/t19-,21+,22-,24+,39?;19-,21+,23-,24+,37?;16-,17+,18-,20+,37?;14-,15+,17-,18+,29?;;;;/m0000..../s1/i2*5D;7D;5D;4*2T. The molecule has 2 aromatic carbocycles. The molecule has 3 amide bonds. The van der Waals surface area contributed by atoms with Gasteiger partial charge in [-0.2, -0.15) is 9.97 Å². The maximum atomic E-state index is 16.2. The number of aliphatic hydroxyl groups is 4. The van der Waals surface area contributed by atoms with E-state index in [1.807, 2.05) is 131 Å². The lowest BCUT2D eigenvalue weighted by Crippen LogP contribution is -2.38. The number of hydrogen-bond acceptors (Lipinski definition) is 29. The van der Waals surface area contributed by atoms with Gasteiger partial charge < -0.3 is 95.8 Å². The van der Waals surface area contributed by atoms with E-state index in [2.05, 4.69) is 100 Å². The molecule has 830 valence electrons. The summed E-state index contributed by atoms with van der Waals surface area (Å²) in [7, 11) is -1.56. The highest BCUT2D eigenvalue weighted by molar-refractivity contribution is 7.45. The van der Waals surface area contributed by atoms with Gasteiger partial charge in [0, 0.05) is 118 Å². The number of carbonyl (C=O) groups is 3. The first kappa shape index (κ1) is 117. The van der Waals surface area contributed by atoms with Crippen LogP contribution in [0.1, 0.15) is 228 Å². The molecule has 6 aromatic heterocycles. The summed E-state index contributed by atoms with van der Waals surface area (Å²) in [6.07, 6.45) is -1.83. The SMILES string of the molecule is [2H]C[C@H]1C[C@@H](n2ccc(=O)[nH]c2=O)[C@H](F)[C@@H]1OP(OCC[N+]#[C-])N(C(C)C)C(C)C.[2H]C[C@H]1C[C@@H](n2ccc(NC(=O)c3ccccc3)nc2=O)[C@H](F)[C@@H]1OP(OCC[N+]#[C-])N(C(C)C)C(C)C.[2H]C[C@H]1C[C@@H](n2cnc3c(=O)[nH]c(NC(=O)C(C)C)nc32)[C@H](F)[C@@H]1OP(OCC[N+]#[C-])N(C(C)C)C(C)C.[2H]C[C@H]1C[C@@H](n2cnc3c(NC(=O)c4ccccc4)ncnc32)[C@H](F)[C@@H]1OP(OCC[N+]#[C-])N(C(C)C)C(C)C.[3H]OC.[3H]OC.[3H]OC.[3H]OC. The van der Waals surface area contributed by atoms with Gasteiger partial charge in [0.1, 0.15) is 87.7 Å². The zero-order chi connectivity index (χ0) is 118. The molecule has 8 aromatic rings. The Balaban J connectivity index is 0.000000358. The molecule has 4 aliphatic carbocycles. The molecule has 4 fully saturated rings. The van der Waals surface area contributed by atoms with Crippen LogP contribution in [0.25, 0.3) is 41.7 Å². The number of benzene rings is 2. The zero-order valence-corrected chi connectivity index (χ0v) is 92.7. The third kappa shape index (κ3) is 36.1. The van der Waals surface area contributed by atoms with Crippen LogP contribution in [0.15, 0.2) is 123 Å². The van der Waals surface area contributed by atoms with Crippen LogP contribution < -0.4 is 38.4 Å². The molecule has 4 saturated carbocycles. The highest BCUT2D eigenvalue weighted by atomic mass is 31.2. The number of alkyl halides is 4. The molecular formula is C100H153F4N23O19P4. The Labute approximate surface area is 893 Å². The Morgan fingerprint density at radius 3 is 1.12 bits per heavy atom. The van der Waals surface area contributed by atoms with E-state index in [0.29, 0.717) is 28.7 Å². The predicted octanol–water partition coefficient (Wildman–Crippen LogP) is 16.6. The van der Waals surface area contributed by atoms with Crippen molar-refractivity contribution in [3.05, 3.63) is 203 Å². The number of anilines is 3. The minimum absolute atomic E-state index is 0.0177. The number of nitrogens with zero attached hydrogens (tertiary/aromatic N) is 18. The van der Waals surface area contributed by atoms with Crippen molar-refractivity contribution in [2.45, 2.75) is 300 Å². The summed E-state index contributed by atoms with van der Waals surface area (Å²) in [6.45, 7) is 64.7. The van der Waals surface area contributed by atoms with E-state index in [4.69, 9.17) is 73.7 Å². The van der Waals surface area contributed by atoms with Gasteiger partial charge in [0.15, 0.2) is 28.1 Å². The van der Waals surface area contributed by atoms with Crippen LogP contribution >= 0.6 is 34.1 Å². The van der Waals surface area contributed by atoms with E-state index >= 15 is 17.6 Å². The summed E-state index contributed by atoms with van der Waals surface area (Å²) in [6, 6.07) is 17.2. The number of imidazole rings is 2. The summed E-state index contributed by atoms with van der Waals surface area (Å²) in [5.74, 6) is -2.85. The fourth-order valence-electron chi connectivity index (χ4n) is 17.1. The molecule has 4 unspecified atom stereocenters. The lowest BCUT2D eigenvalue weighted by atomic mass is 10.1. The summed E-state index contributed by atoms with van der Waals surface area (Å²) >= 11 is 0. The van der Waals surface area contributed by atoms with Crippen molar-refractivity contribution in [3.8, 4) is 0 Å². The molecule has 0 saturated heterocycles. The number of aliphatic hydroxyl groups excluding tert-OH is 4. The third-order valence-electron chi connectivity index (χ3n) is 23.4. The Morgan fingerprint density at radius 1 is 0.453 bits per heavy atom. The van der Waals surface area contributed by atoms with Crippen LogP contribution in [-0.4, -0.2) is 299 Å². The van der Waals surface area contributed by atoms with E-state index in [0.717, 1.165) is 0 Å². The Morgan fingerprint density at radius 2 is 0.787 bits per heavy atom. The highest BCUT2D eigenvalue weighted by Gasteiger charge is 2.52. The highest BCUT2D eigenvalue weighted by Crippen LogP contribution is 2.57. The first-order valence-electron chi connectivity index (χ1n) is 53.4. The van der Waals surface area contributed by atoms with Crippen LogP contribution in [0.3, 0.4) is 0 Å². The predicted molar refractivity (Wildman–Crippen MR) is 574 cm³/mol. The lowest BCUT2D eigenvalue weighted by Gasteiger charge is -2.37. The van der Waals surface area contributed by atoms with Crippen molar-refractivity contribution in [1.82, 2.24) is 76.8 Å². The minimum Gasteiger partial charge on any atom is -0.400 e. The molecule has 42 nitrogen and oxygen atoms in total. The number of hydrogen-bond donors (Lipinski definition) is 9. The minimum atomic E-state index is -1.70. The number of halogens is 4. The van der Waals surface area contributed by atoms with Gasteiger partial charge in [0.05, 0.1) is 36.8 Å². The van der Waals surface area contributed by atoms with E-state index < -0.39 is 154 Å². The van der Waals surface area contributed by atoms with Crippen LogP contribution in [0.2, 0.25) is 0 Å². The normalized spacial score (nSPS) is 22.7. The van der Waals surface area contributed by atoms with Gasteiger partial charge in [-0.15, -0.1) is 0 Å². The molecule has 0 aliphatic heterocycles. The second-order valence-corrected chi connectivity index (χ2v) is 42.6. The van der Waals surface area contributed by atoms with Crippen molar-refractivity contribution in [2.75, 3.05) is 97.0 Å². The third-order valence-corrected chi connectivity index (χ3v) is 31.9. The molecule has 6 heterocycles. The number of nitrogens with one attached hydrogen (secondary N) is 5. The van der Waals surface area contributed by atoms with Crippen LogP contribution in [0.5, 0.6) is 0 Å². The van der Waals surface area contributed by atoms with E-state index in [1.165, 1.54) is 85.6 Å². The largest absolute Gasteiger partial charge is 0.400 e. The van der Waals surface area contributed by atoms with Crippen LogP contribution in [0.4, 0.5) is 35.1 Å². The van der Waals surface area contributed by atoms with Crippen molar-refractivity contribution in [3.63, 3.8) is 0 Å². The molecule has 20 atom stereocenters. The average molecular weight is 2190 g/mol. The number of aromatic amines is 2. The van der Waals surface area contributed by atoms with Gasteiger partial charge in [-0.05, 0) is 190 Å². The summed E-state index contributed by atoms with van der Waals surface area (Å²) in [5.41, 5.74) is -0.674. The van der Waals surface area contributed by atoms with E-state index in [1.54, 1.807) is 73.0 Å². The first-order chi connectivity index (χ1) is 75.3. The second kappa shape index (κ2) is 65.6. The van der Waals surface area contributed by atoms with Gasteiger partial charge >= 0.3 is 11.4 Å². The molecule has 0 bridgehead atoms. The average Bonchev–Trinajstić information content (AvgIpc) is 1.61. The Kier molecular flexibility index (Phi) is 51.2. The maximum Gasteiger partial charge on any atom is 0.349 e. The van der Waals surface area contributed by atoms with E-state index in [9.17, 15) is 33.6 Å². The van der Waals surface area contributed by atoms with Gasteiger partial charge in [-0.3, -0.25) is 48.4 Å². The maximum absolute atomic E-state index is 16.2. The number of fused-ring (bicyclic) bond motifs is 2. The number of carbonyl (C=O) groups excluding carboxylic acids is 3. The summed E-state index contributed by atoms with van der Waals surface area (Å²) in [4.78, 5) is 130. The van der Waals surface area contributed by atoms with Crippen molar-refractivity contribution in [2.24, 2.45) is 29.6 Å². The fourth-order valence-corrected chi connectivity index (χ4v) is 24.2. The molecule has 9 N–H and O–H groups in total. The summed E-state index contributed by atoms with van der Waals surface area (Å²) in [5, 5.41) is 21.9. The molecule has 12 rings (SSSR count).